The van der Waals surface area contributed by atoms with E-state index in [0.29, 0.717) is 19.3 Å². The maximum atomic E-state index is 11.8. The molecular weight excluding hydrogens is 250 g/mol. The van der Waals surface area contributed by atoms with Crippen molar-refractivity contribution >= 4 is 23.6 Å². The summed E-state index contributed by atoms with van der Waals surface area (Å²) in [5.41, 5.74) is -0.609. The minimum atomic E-state index is -0.885. The van der Waals surface area contributed by atoms with Crippen molar-refractivity contribution in [1.29, 1.82) is 0 Å². The molecule has 0 fully saturated rings. The molecule has 0 saturated carbocycles. The molecule has 0 aromatic rings. The van der Waals surface area contributed by atoms with Gasteiger partial charge in [0.05, 0.1) is 5.75 Å². The molecule has 18 heavy (non-hydrogen) atoms. The molecular formula is C13H21NO3S. The van der Waals surface area contributed by atoms with E-state index in [2.05, 4.69) is 11.2 Å². The fraction of sp³-hybridized carbons (Fsp3) is 0.692. The number of aliphatic carboxylic acids is 1. The summed E-state index contributed by atoms with van der Waals surface area (Å²) in [6, 6.07) is 0. The molecule has 0 spiro atoms. The lowest BCUT2D eigenvalue weighted by atomic mass is 9.94. The Morgan fingerprint density at radius 2 is 1.94 bits per heavy atom. The molecule has 0 aromatic carbocycles. The SMILES string of the molecule is C#CC(CC)(CC)NC(=O)CSC(CC)C(=O)O. The van der Waals surface area contributed by atoms with Gasteiger partial charge in [-0.25, -0.2) is 0 Å². The van der Waals surface area contributed by atoms with Gasteiger partial charge in [0, 0.05) is 0 Å². The first-order valence-corrected chi connectivity index (χ1v) is 7.12. The highest BCUT2D eigenvalue weighted by molar-refractivity contribution is 8.01. The number of hydrogen-bond donors (Lipinski definition) is 2. The first-order chi connectivity index (χ1) is 8.44. The average molecular weight is 271 g/mol. The van der Waals surface area contributed by atoms with Crippen LogP contribution < -0.4 is 5.32 Å². The van der Waals surface area contributed by atoms with Crippen LogP contribution in [0.3, 0.4) is 0 Å². The number of carboxylic acids is 1. The van der Waals surface area contributed by atoms with Gasteiger partial charge >= 0.3 is 5.97 Å². The number of amides is 1. The van der Waals surface area contributed by atoms with Gasteiger partial charge in [-0.05, 0) is 19.3 Å². The molecule has 0 aliphatic heterocycles. The van der Waals surface area contributed by atoms with Crippen molar-refractivity contribution in [3.05, 3.63) is 0 Å². The van der Waals surface area contributed by atoms with Crippen LogP contribution in [0.15, 0.2) is 0 Å². The largest absolute Gasteiger partial charge is 0.480 e. The van der Waals surface area contributed by atoms with Crippen molar-refractivity contribution in [2.24, 2.45) is 0 Å². The molecule has 0 rings (SSSR count). The highest BCUT2D eigenvalue weighted by Crippen LogP contribution is 2.17. The second-order valence-electron chi connectivity index (χ2n) is 4.03. The number of carbonyl (C=O) groups excluding carboxylic acids is 1. The maximum Gasteiger partial charge on any atom is 0.316 e. The lowest BCUT2D eigenvalue weighted by Crippen LogP contribution is -2.47. The molecule has 1 atom stereocenters. The zero-order valence-electron chi connectivity index (χ0n) is 11.2. The molecule has 4 nitrogen and oxygen atoms in total. The van der Waals surface area contributed by atoms with Crippen LogP contribution in [-0.2, 0) is 9.59 Å². The first kappa shape index (κ1) is 16.9. The Bertz CT molecular complexity index is 332. The van der Waals surface area contributed by atoms with Gasteiger partial charge in [-0.3, -0.25) is 9.59 Å². The van der Waals surface area contributed by atoms with Crippen molar-refractivity contribution in [3.63, 3.8) is 0 Å². The summed E-state index contributed by atoms with van der Waals surface area (Å²) in [4.78, 5) is 22.6. The summed E-state index contributed by atoms with van der Waals surface area (Å²) in [5.74, 6) is 1.64. The monoisotopic (exact) mass is 271 g/mol. The third-order valence-corrected chi connectivity index (χ3v) is 4.29. The molecule has 0 bridgehead atoms. The topological polar surface area (TPSA) is 66.4 Å². The Morgan fingerprint density at radius 3 is 2.28 bits per heavy atom. The average Bonchev–Trinajstić information content (AvgIpc) is 2.36. The van der Waals surface area contributed by atoms with Crippen molar-refractivity contribution in [3.8, 4) is 12.3 Å². The van der Waals surface area contributed by atoms with Crippen LogP contribution in [0.5, 0.6) is 0 Å². The molecule has 1 amide bonds. The Morgan fingerprint density at radius 1 is 1.39 bits per heavy atom. The number of carboxylic acid groups (broad SMARTS) is 1. The Labute approximate surface area is 113 Å². The zero-order valence-corrected chi connectivity index (χ0v) is 12.0. The molecule has 2 N–H and O–H groups in total. The number of hydrogen-bond acceptors (Lipinski definition) is 3. The molecule has 0 heterocycles. The van der Waals surface area contributed by atoms with Crippen molar-refractivity contribution in [2.75, 3.05) is 5.75 Å². The number of nitrogens with one attached hydrogen (secondary N) is 1. The van der Waals surface area contributed by atoms with Gasteiger partial charge in [-0.1, -0.05) is 26.7 Å². The summed E-state index contributed by atoms with van der Waals surface area (Å²) in [6.45, 7) is 5.62. The predicted molar refractivity (Wildman–Crippen MR) is 74.5 cm³/mol. The van der Waals surface area contributed by atoms with E-state index in [1.807, 2.05) is 13.8 Å². The fourth-order valence-corrected chi connectivity index (χ4v) is 2.31. The summed E-state index contributed by atoms with van der Waals surface area (Å²) < 4.78 is 0. The van der Waals surface area contributed by atoms with E-state index in [1.165, 1.54) is 0 Å². The number of terminal acetylenes is 1. The highest BCUT2D eigenvalue weighted by atomic mass is 32.2. The summed E-state index contributed by atoms with van der Waals surface area (Å²) in [6.07, 6.45) is 7.26. The van der Waals surface area contributed by atoms with Gasteiger partial charge in [0.2, 0.25) is 5.91 Å². The summed E-state index contributed by atoms with van der Waals surface area (Å²) >= 11 is 1.13. The predicted octanol–water partition coefficient (Wildman–Crippen LogP) is 1.89. The molecule has 0 radical (unpaired) electrons. The molecule has 1 unspecified atom stereocenters. The van der Waals surface area contributed by atoms with Gasteiger partial charge in [0.15, 0.2) is 0 Å². The minimum Gasteiger partial charge on any atom is -0.480 e. The van der Waals surface area contributed by atoms with Crippen LogP contribution in [0.2, 0.25) is 0 Å². The van der Waals surface area contributed by atoms with Crippen molar-refractivity contribution < 1.29 is 14.7 Å². The standard InChI is InChI=1S/C13H21NO3S/c1-5-10(12(16)17)18-9-11(15)14-13(6-2,7-3)8-4/h2,10H,5,7-9H2,1,3-4H3,(H,14,15)(H,16,17). The molecule has 0 aromatic heterocycles. The maximum absolute atomic E-state index is 11.8. The molecule has 0 saturated heterocycles. The van der Waals surface area contributed by atoms with E-state index in [1.54, 1.807) is 6.92 Å². The quantitative estimate of drug-likeness (QED) is 0.662. The molecule has 0 aliphatic rings. The smallest absolute Gasteiger partial charge is 0.316 e. The Hall–Kier alpha value is -1.15. The first-order valence-electron chi connectivity index (χ1n) is 6.07. The molecule has 5 heteroatoms. The highest BCUT2D eigenvalue weighted by Gasteiger charge is 2.26. The fourth-order valence-electron chi connectivity index (χ4n) is 1.51. The lowest BCUT2D eigenvalue weighted by molar-refractivity contribution is -0.136. The van der Waals surface area contributed by atoms with Crippen LogP contribution in [-0.4, -0.2) is 33.5 Å². The number of thioether (sulfide) groups is 1. The number of rotatable bonds is 8. The summed E-state index contributed by atoms with van der Waals surface area (Å²) in [7, 11) is 0. The van der Waals surface area contributed by atoms with Crippen molar-refractivity contribution in [1.82, 2.24) is 5.32 Å². The Kier molecular flexibility index (Phi) is 7.53. The molecule has 102 valence electrons. The second kappa shape index (κ2) is 8.04. The van der Waals surface area contributed by atoms with E-state index < -0.39 is 16.8 Å². The summed E-state index contributed by atoms with van der Waals surface area (Å²) in [5, 5.41) is 11.1. The third kappa shape index (κ3) is 5.01. The van der Waals surface area contributed by atoms with Gasteiger partial charge in [-0.15, -0.1) is 18.2 Å². The van der Waals surface area contributed by atoms with E-state index in [-0.39, 0.29) is 11.7 Å². The van der Waals surface area contributed by atoms with Gasteiger partial charge < -0.3 is 10.4 Å². The Balaban J connectivity index is 4.35. The van der Waals surface area contributed by atoms with Crippen LogP contribution in [0.1, 0.15) is 40.0 Å². The van der Waals surface area contributed by atoms with Gasteiger partial charge in [-0.2, -0.15) is 0 Å². The third-order valence-electron chi connectivity index (χ3n) is 2.92. The van der Waals surface area contributed by atoms with E-state index in [4.69, 9.17) is 11.5 Å². The molecule has 0 aliphatic carbocycles. The van der Waals surface area contributed by atoms with Crippen LogP contribution in [0.4, 0.5) is 0 Å². The zero-order chi connectivity index (χ0) is 14.2. The van der Waals surface area contributed by atoms with E-state index >= 15 is 0 Å². The van der Waals surface area contributed by atoms with Crippen LogP contribution in [0.25, 0.3) is 0 Å². The van der Waals surface area contributed by atoms with E-state index in [9.17, 15) is 9.59 Å². The van der Waals surface area contributed by atoms with E-state index in [0.717, 1.165) is 11.8 Å². The minimum absolute atomic E-state index is 0.119. The van der Waals surface area contributed by atoms with Crippen molar-refractivity contribution in [2.45, 2.75) is 50.8 Å². The van der Waals surface area contributed by atoms with Gasteiger partial charge in [0.25, 0.3) is 0 Å². The lowest BCUT2D eigenvalue weighted by Gasteiger charge is -2.27. The second-order valence-corrected chi connectivity index (χ2v) is 5.22. The van der Waals surface area contributed by atoms with Crippen LogP contribution in [0, 0.1) is 12.3 Å². The van der Waals surface area contributed by atoms with Gasteiger partial charge in [0.1, 0.15) is 10.8 Å². The number of carbonyl (C=O) groups is 2. The normalized spacial score (nSPS) is 12.6. The van der Waals surface area contributed by atoms with Crippen LogP contribution >= 0.6 is 11.8 Å².